The Kier molecular flexibility index (Phi) is 2.76. The van der Waals surface area contributed by atoms with Crippen molar-refractivity contribution in [3.05, 3.63) is 23.8 Å². The molecule has 5 nitrogen and oxygen atoms in total. The van der Waals surface area contributed by atoms with Crippen molar-refractivity contribution in [3.8, 4) is 0 Å². The van der Waals surface area contributed by atoms with E-state index in [1.54, 1.807) is 0 Å². The molecule has 2 heterocycles. The van der Waals surface area contributed by atoms with Crippen LogP contribution in [0, 0.1) is 5.92 Å². The number of nitrogens with one attached hydrogen (secondary N) is 3. The van der Waals surface area contributed by atoms with E-state index < -0.39 is 0 Å². The zero-order valence-corrected chi connectivity index (χ0v) is 9.95. The SMILES string of the molecule is O=C1CCc2cc(NC(=O)C3CNC3)ccc2N1. The summed E-state index contributed by atoms with van der Waals surface area (Å²) in [4.78, 5) is 23.0. The molecule has 0 atom stereocenters. The van der Waals surface area contributed by atoms with Gasteiger partial charge in [-0.25, -0.2) is 0 Å². The first-order chi connectivity index (χ1) is 8.72. The van der Waals surface area contributed by atoms with Crippen molar-refractivity contribution in [1.82, 2.24) is 5.32 Å². The predicted molar refractivity (Wildman–Crippen MR) is 68.4 cm³/mol. The molecule has 2 amide bonds. The maximum absolute atomic E-state index is 11.8. The van der Waals surface area contributed by atoms with Crippen LogP contribution in [0.15, 0.2) is 18.2 Å². The van der Waals surface area contributed by atoms with E-state index in [9.17, 15) is 9.59 Å². The molecule has 0 radical (unpaired) electrons. The second-order valence-electron chi connectivity index (χ2n) is 4.76. The Morgan fingerprint density at radius 1 is 1.28 bits per heavy atom. The molecule has 1 aromatic carbocycles. The molecular formula is C13H15N3O2. The summed E-state index contributed by atoms with van der Waals surface area (Å²) in [6.07, 6.45) is 1.24. The molecule has 0 aromatic heterocycles. The molecule has 94 valence electrons. The van der Waals surface area contributed by atoms with Gasteiger partial charge in [-0.05, 0) is 30.2 Å². The highest BCUT2D eigenvalue weighted by molar-refractivity contribution is 5.96. The van der Waals surface area contributed by atoms with Crippen molar-refractivity contribution >= 4 is 23.2 Å². The molecule has 2 aliphatic rings. The number of benzene rings is 1. The van der Waals surface area contributed by atoms with Gasteiger partial charge >= 0.3 is 0 Å². The zero-order valence-electron chi connectivity index (χ0n) is 9.95. The molecule has 3 rings (SSSR count). The lowest BCUT2D eigenvalue weighted by atomic mass is 10.0. The van der Waals surface area contributed by atoms with E-state index in [1.807, 2.05) is 18.2 Å². The molecule has 3 N–H and O–H groups in total. The van der Waals surface area contributed by atoms with Crippen molar-refractivity contribution in [3.63, 3.8) is 0 Å². The summed E-state index contributed by atoms with van der Waals surface area (Å²) in [5.41, 5.74) is 2.75. The Bertz CT molecular complexity index is 509. The summed E-state index contributed by atoms with van der Waals surface area (Å²) in [7, 11) is 0. The molecule has 0 aliphatic carbocycles. The third kappa shape index (κ3) is 2.09. The van der Waals surface area contributed by atoms with Crippen molar-refractivity contribution in [2.24, 2.45) is 5.92 Å². The van der Waals surface area contributed by atoms with E-state index in [2.05, 4.69) is 16.0 Å². The van der Waals surface area contributed by atoms with Crippen LogP contribution in [0.3, 0.4) is 0 Å². The average Bonchev–Trinajstić information content (AvgIpc) is 2.27. The molecule has 0 unspecified atom stereocenters. The fourth-order valence-electron chi connectivity index (χ4n) is 2.18. The minimum atomic E-state index is 0.0554. The number of rotatable bonds is 2. The largest absolute Gasteiger partial charge is 0.326 e. The summed E-state index contributed by atoms with van der Waals surface area (Å²) in [6, 6.07) is 5.62. The fourth-order valence-corrected chi connectivity index (χ4v) is 2.18. The van der Waals surface area contributed by atoms with Gasteiger partial charge < -0.3 is 16.0 Å². The number of carbonyl (C=O) groups excluding carboxylic acids is 2. The van der Waals surface area contributed by atoms with E-state index in [4.69, 9.17) is 0 Å². The van der Waals surface area contributed by atoms with Gasteiger partial charge in [0.15, 0.2) is 0 Å². The Labute approximate surface area is 105 Å². The van der Waals surface area contributed by atoms with Crippen molar-refractivity contribution in [1.29, 1.82) is 0 Å². The molecule has 2 aliphatic heterocycles. The normalized spacial score (nSPS) is 18.6. The van der Waals surface area contributed by atoms with E-state index in [-0.39, 0.29) is 17.7 Å². The first-order valence-corrected chi connectivity index (χ1v) is 6.17. The Morgan fingerprint density at radius 2 is 2.11 bits per heavy atom. The van der Waals surface area contributed by atoms with Crippen LogP contribution in [-0.4, -0.2) is 24.9 Å². The van der Waals surface area contributed by atoms with Gasteiger partial charge in [-0.1, -0.05) is 0 Å². The molecule has 1 saturated heterocycles. The van der Waals surface area contributed by atoms with Crippen LogP contribution in [0.1, 0.15) is 12.0 Å². The molecule has 0 saturated carbocycles. The van der Waals surface area contributed by atoms with Crippen LogP contribution in [0.2, 0.25) is 0 Å². The molecule has 1 aromatic rings. The van der Waals surface area contributed by atoms with E-state index in [0.29, 0.717) is 6.42 Å². The summed E-state index contributed by atoms with van der Waals surface area (Å²) >= 11 is 0. The molecule has 0 bridgehead atoms. The third-order valence-corrected chi connectivity index (χ3v) is 3.42. The number of amides is 2. The minimum absolute atomic E-state index is 0.0554. The van der Waals surface area contributed by atoms with Crippen LogP contribution in [0.25, 0.3) is 0 Å². The van der Waals surface area contributed by atoms with Crippen LogP contribution < -0.4 is 16.0 Å². The Balaban J connectivity index is 1.73. The Morgan fingerprint density at radius 3 is 2.83 bits per heavy atom. The molecule has 18 heavy (non-hydrogen) atoms. The fraction of sp³-hybridized carbons (Fsp3) is 0.385. The number of fused-ring (bicyclic) bond motifs is 1. The zero-order chi connectivity index (χ0) is 12.5. The van der Waals surface area contributed by atoms with Gasteiger partial charge in [0.05, 0.1) is 5.92 Å². The number of hydrogen-bond acceptors (Lipinski definition) is 3. The maximum Gasteiger partial charge on any atom is 0.230 e. The third-order valence-electron chi connectivity index (χ3n) is 3.42. The summed E-state index contributed by atoms with van der Waals surface area (Å²) in [6.45, 7) is 1.51. The first kappa shape index (κ1) is 11.2. The summed E-state index contributed by atoms with van der Waals surface area (Å²) in [5.74, 6) is 0.203. The van der Waals surface area contributed by atoms with Crippen LogP contribution in [0.4, 0.5) is 11.4 Å². The smallest absolute Gasteiger partial charge is 0.230 e. The highest BCUT2D eigenvalue weighted by atomic mass is 16.2. The van der Waals surface area contributed by atoms with E-state index in [1.165, 1.54) is 0 Å². The van der Waals surface area contributed by atoms with Gasteiger partial charge in [-0.2, -0.15) is 0 Å². The maximum atomic E-state index is 11.8. The van der Waals surface area contributed by atoms with Gasteiger partial charge in [0, 0.05) is 30.9 Å². The Hall–Kier alpha value is -1.88. The monoisotopic (exact) mass is 245 g/mol. The average molecular weight is 245 g/mol. The van der Waals surface area contributed by atoms with E-state index >= 15 is 0 Å². The standard InChI is InChI=1S/C13H15N3O2/c17-12-4-1-8-5-10(2-3-11(8)16-12)15-13(18)9-6-14-7-9/h2-3,5,9,14H,1,4,6-7H2,(H,15,18)(H,16,17). The summed E-state index contributed by atoms with van der Waals surface area (Å²) < 4.78 is 0. The number of aryl methyl sites for hydroxylation is 1. The highest BCUT2D eigenvalue weighted by Crippen LogP contribution is 2.26. The van der Waals surface area contributed by atoms with Gasteiger partial charge in [0.25, 0.3) is 0 Å². The van der Waals surface area contributed by atoms with E-state index in [0.717, 1.165) is 36.4 Å². The molecule has 1 fully saturated rings. The number of carbonyl (C=O) groups is 2. The predicted octanol–water partition coefficient (Wildman–Crippen LogP) is 0.729. The van der Waals surface area contributed by atoms with Crippen LogP contribution in [0.5, 0.6) is 0 Å². The van der Waals surface area contributed by atoms with Gasteiger partial charge in [0.2, 0.25) is 11.8 Å². The topological polar surface area (TPSA) is 70.2 Å². The van der Waals surface area contributed by atoms with Crippen LogP contribution >= 0.6 is 0 Å². The minimum Gasteiger partial charge on any atom is -0.326 e. The molecular weight excluding hydrogens is 230 g/mol. The molecule has 5 heteroatoms. The second-order valence-corrected chi connectivity index (χ2v) is 4.76. The van der Waals surface area contributed by atoms with Crippen molar-refractivity contribution in [2.45, 2.75) is 12.8 Å². The number of hydrogen-bond donors (Lipinski definition) is 3. The van der Waals surface area contributed by atoms with Crippen molar-refractivity contribution in [2.75, 3.05) is 23.7 Å². The quantitative estimate of drug-likeness (QED) is 0.719. The van der Waals surface area contributed by atoms with Gasteiger partial charge in [0.1, 0.15) is 0 Å². The molecule has 0 spiro atoms. The summed E-state index contributed by atoms with van der Waals surface area (Å²) in [5, 5.41) is 8.81. The lowest BCUT2D eigenvalue weighted by Gasteiger charge is -2.26. The van der Waals surface area contributed by atoms with Crippen LogP contribution in [-0.2, 0) is 16.0 Å². The lowest BCUT2D eigenvalue weighted by Crippen LogP contribution is -2.48. The van der Waals surface area contributed by atoms with Crippen molar-refractivity contribution < 1.29 is 9.59 Å². The number of anilines is 2. The van der Waals surface area contributed by atoms with Gasteiger partial charge in [-0.15, -0.1) is 0 Å². The lowest BCUT2D eigenvalue weighted by molar-refractivity contribution is -0.121. The first-order valence-electron chi connectivity index (χ1n) is 6.17. The highest BCUT2D eigenvalue weighted by Gasteiger charge is 2.25. The second kappa shape index (κ2) is 4.42. The van der Waals surface area contributed by atoms with Gasteiger partial charge in [-0.3, -0.25) is 9.59 Å².